The largest absolute Gasteiger partial charge is 0.514 e. The molecule has 0 atom stereocenters. The van der Waals surface area contributed by atoms with Crippen molar-refractivity contribution in [3.8, 4) is 11.5 Å². The molecule has 1 radical (unpaired) electrons. The molecule has 0 fully saturated rings. The monoisotopic (exact) mass is 377 g/mol. The minimum Gasteiger partial charge on any atom is -0.429 e. The van der Waals surface area contributed by atoms with Crippen molar-refractivity contribution in [1.82, 2.24) is 0 Å². The maximum Gasteiger partial charge on any atom is 0.514 e. The number of ether oxygens (including phenoxy) is 4. The Labute approximate surface area is 162 Å². The van der Waals surface area contributed by atoms with E-state index in [1.807, 2.05) is 60.7 Å². The third kappa shape index (κ3) is 5.88. The fourth-order valence-electron chi connectivity index (χ4n) is 2.24. The van der Waals surface area contributed by atoms with E-state index in [2.05, 4.69) is 6.07 Å². The van der Waals surface area contributed by atoms with Gasteiger partial charge in [0.2, 0.25) is 0 Å². The molecule has 28 heavy (non-hydrogen) atoms. The standard InChI is InChI=1S/C22H17O6/c23-21(25-15-17-9-3-1-4-10-17)27-19-13-7-8-14-20(19)28-22(24)26-16-18-11-5-2-6-12-18/h1-7,9-14H,15-16H2. The lowest BCUT2D eigenvalue weighted by Gasteiger charge is -2.10. The molecule has 0 amide bonds. The molecule has 3 aromatic carbocycles. The molecule has 0 saturated carbocycles. The minimum absolute atomic E-state index is 0.00257. The summed E-state index contributed by atoms with van der Waals surface area (Å²) < 4.78 is 20.3. The smallest absolute Gasteiger partial charge is 0.429 e. The van der Waals surface area contributed by atoms with E-state index in [1.54, 1.807) is 0 Å². The summed E-state index contributed by atoms with van der Waals surface area (Å²) >= 11 is 0. The van der Waals surface area contributed by atoms with Crippen molar-refractivity contribution in [3.05, 3.63) is 96.1 Å². The summed E-state index contributed by atoms with van der Waals surface area (Å²) in [6.45, 7) is 0.124. The number of carbonyl (C=O) groups is 2. The summed E-state index contributed by atoms with van der Waals surface area (Å²) in [6.07, 6.45) is -1.84. The molecule has 0 aliphatic rings. The van der Waals surface area contributed by atoms with Crippen LogP contribution in [0.1, 0.15) is 11.1 Å². The van der Waals surface area contributed by atoms with Crippen molar-refractivity contribution >= 4 is 12.3 Å². The van der Waals surface area contributed by atoms with Crippen LogP contribution in [0.4, 0.5) is 9.59 Å². The van der Waals surface area contributed by atoms with Gasteiger partial charge in [-0.25, -0.2) is 9.59 Å². The van der Waals surface area contributed by atoms with Crippen LogP contribution in [0.25, 0.3) is 0 Å². The van der Waals surface area contributed by atoms with Crippen molar-refractivity contribution in [2.45, 2.75) is 13.2 Å². The predicted molar refractivity (Wildman–Crippen MR) is 99.8 cm³/mol. The topological polar surface area (TPSA) is 71.1 Å². The molecule has 0 heterocycles. The van der Waals surface area contributed by atoms with Gasteiger partial charge in [-0.15, -0.1) is 0 Å². The Bertz CT molecular complexity index is 832. The van der Waals surface area contributed by atoms with E-state index in [0.29, 0.717) is 0 Å². The van der Waals surface area contributed by atoms with Crippen molar-refractivity contribution in [3.63, 3.8) is 0 Å². The molecule has 3 aromatic rings. The summed E-state index contributed by atoms with van der Waals surface area (Å²) in [4.78, 5) is 23.8. The Balaban J connectivity index is 1.53. The summed E-state index contributed by atoms with van der Waals surface area (Å²) in [5, 5.41) is 0. The lowest BCUT2D eigenvalue weighted by atomic mass is 10.2. The highest BCUT2D eigenvalue weighted by molar-refractivity contribution is 5.68. The second-order valence-electron chi connectivity index (χ2n) is 5.63. The Morgan fingerprint density at radius 1 is 0.679 bits per heavy atom. The van der Waals surface area contributed by atoms with Crippen molar-refractivity contribution < 1.29 is 28.5 Å². The summed E-state index contributed by atoms with van der Waals surface area (Å²) in [7, 11) is 0. The molecule has 0 saturated heterocycles. The maximum absolute atomic E-state index is 11.9. The van der Waals surface area contributed by atoms with Crippen LogP contribution in [-0.4, -0.2) is 12.3 Å². The average Bonchev–Trinajstić information content (AvgIpc) is 2.74. The molecule has 0 aliphatic carbocycles. The molecule has 6 heteroatoms. The van der Waals surface area contributed by atoms with Gasteiger partial charge in [0.15, 0.2) is 11.5 Å². The van der Waals surface area contributed by atoms with Crippen molar-refractivity contribution in [2.24, 2.45) is 0 Å². The normalized spacial score (nSPS) is 10.0. The van der Waals surface area contributed by atoms with Crippen LogP contribution in [0.2, 0.25) is 0 Å². The highest BCUT2D eigenvalue weighted by atomic mass is 16.7. The van der Waals surface area contributed by atoms with Gasteiger partial charge < -0.3 is 18.9 Å². The van der Waals surface area contributed by atoms with Gasteiger partial charge in [0.1, 0.15) is 13.2 Å². The van der Waals surface area contributed by atoms with E-state index in [0.717, 1.165) is 11.1 Å². The van der Waals surface area contributed by atoms with Crippen LogP contribution >= 0.6 is 0 Å². The Morgan fingerprint density at radius 3 is 1.71 bits per heavy atom. The fraction of sp³-hybridized carbons (Fsp3) is 0.0909. The highest BCUT2D eigenvalue weighted by Crippen LogP contribution is 2.27. The minimum atomic E-state index is -0.925. The first-order chi connectivity index (χ1) is 13.7. The molecule has 0 bridgehead atoms. The molecular formula is C22H17O6. The molecule has 0 N–H and O–H groups in total. The number of rotatable bonds is 6. The Kier molecular flexibility index (Phi) is 6.62. The van der Waals surface area contributed by atoms with Crippen molar-refractivity contribution in [1.29, 1.82) is 0 Å². The van der Waals surface area contributed by atoms with Gasteiger partial charge in [0.25, 0.3) is 0 Å². The molecule has 6 nitrogen and oxygen atoms in total. The molecule has 0 aliphatic heterocycles. The lowest BCUT2D eigenvalue weighted by Crippen LogP contribution is -2.14. The summed E-state index contributed by atoms with van der Waals surface area (Å²) in [5.74, 6) is 0.0192. The quantitative estimate of drug-likeness (QED) is 0.449. The van der Waals surface area contributed by atoms with Crippen LogP contribution in [0.5, 0.6) is 11.5 Å². The zero-order valence-electron chi connectivity index (χ0n) is 14.9. The van der Waals surface area contributed by atoms with Gasteiger partial charge in [-0.3, -0.25) is 0 Å². The number of hydrogen-bond donors (Lipinski definition) is 0. The first-order valence-electron chi connectivity index (χ1n) is 8.48. The number of carbonyl (C=O) groups excluding carboxylic acids is 2. The Hall–Kier alpha value is -3.80. The van der Waals surface area contributed by atoms with Crippen LogP contribution < -0.4 is 9.47 Å². The SMILES string of the molecule is O=C(OCc1ccccc1)Oc1c[c]ccc1OC(=O)OCc1ccccc1. The maximum atomic E-state index is 11.9. The molecule has 0 aromatic heterocycles. The van der Waals surface area contributed by atoms with E-state index in [4.69, 9.17) is 18.9 Å². The third-order valence-corrected chi connectivity index (χ3v) is 3.57. The lowest BCUT2D eigenvalue weighted by molar-refractivity contribution is 0.0832. The molecule has 0 spiro atoms. The summed E-state index contributed by atoms with van der Waals surface area (Å²) in [6, 6.07) is 25.4. The van der Waals surface area contributed by atoms with Gasteiger partial charge in [-0.2, -0.15) is 0 Å². The third-order valence-electron chi connectivity index (χ3n) is 3.57. The van der Waals surface area contributed by atoms with E-state index in [-0.39, 0.29) is 24.7 Å². The average molecular weight is 377 g/mol. The van der Waals surface area contributed by atoms with E-state index < -0.39 is 12.3 Å². The van der Waals surface area contributed by atoms with Gasteiger partial charge in [-0.1, -0.05) is 66.7 Å². The van der Waals surface area contributed by atoms with E-state index in [9.17, 15) is 9.59 Å². The van der Waals surface area contributed by atoms with Gasteiger partial charge in [0.05, 0.1) is 0 Å². The zero-order chi connectivity index (χ0) is 19.6. The van der Waals surface area contributed by atoms with Crippen LogP contribution in [-0.2, 0) is 22.7 Å². The van der Waals surface area contributed by atoms with Crippen molar-refractivity contribution in [2.75, 3.05) is 0 Å². The predicted octanol–water partition coefficient (Wildman–Crippen LogP) is 4.92. The van der Waals surface area contributed by atoms with Crippen LogP contribution in [0.15, 0.2) is 78.9 Å². The van der Waals surface area contributed by atoms with E-state index in [1.165, 1.54) is 18.2 Å². The highest BCUT2D eigenvalue weighted by Gasteiger charge is 2.15. The van der Waals surface area contributed by atoms with Gasteiger partial charge in [0, 0.05) is 0 Å². The van der Waals surface area contributed by atoms with Crippen LogP contribution in [0, 0.1) is 6.07 Å². The van der Waals surface area contributed by atoms with E-state index >= 15 is 0 Å². The fourth-order valence-corrected chi connectivity index (χ4v) is 2.24. The van der Waals surface area contributed by atoms with Gasteiger partial charge >= 0.3 is 12.3 Å². The summed E-state index contributed by atoms with van der Waals surface area (Å²) in [5.41, 5.74) is 1.64. The van der Waals surface area contributed by atoms with Crippen LogP contribution in [0.3, 0.4) is 0 Å². The Morgan fingerprint density at radius 2 is 1.18 bits per heavy atom. The zero-order valence-corrected chi connectivity index (χ0v) is 14.9. The molecular weight excluding hydrogens is 360 g/mol. The van der Waals surface area contributed by atoms with Gasteiger partial charge in [-0.05, 0) is 29.3 Å². The molecule has 0 unspecified atom stereocenters. The number of hydrogen-bond acceptors (Lipinski definition) is 6. The number of benzene rings is 3. The first kappa shape index (κ1) is 19.0. The first-order valence-corrected chi connectivity index (χ1v) is 8.48. The molecule has 141 valence electrons. The second kappa shape index (κ2) is 9.78. The second-order valence-corrected chi connectivity index (χ2v) is 5.63. The molecule has 3 rings (SSSR count).